The molecule has 0 spiro atoms. The first-order chi connectivity index (χ1) is 14.1. The van der Waals surface area contributed by atoms with E-state index in [-0.39, 0.29) is 0 Å². The van der Waals surface area contributed by atoms with E-state index in [1.165, 1.54) is 0 Å². The Morgan fingerprint density at radius 3 is 2.31 bits per heavy atom. The molecule has 0 radical (unpaired) electrons. The number of benzene rings is 2. The van der Waals surface area contributed by atoms with Gasteiger partial charge in [-0.15, -0.1) is 11.3 Å². The number of rotatable bonds is 6. The molecule has 146 valence electrons. The molecule has 0 fully saturated rings. The summed E-state index contributed by atoms with van der Waals surface area (Å²) in [5.74, 6) is 0.720. The fourth-order valence-electron chi connectivity index (χ4n) is 3.06. The number of pyridine rings is 1. The van der Waals surface area contributed by atoms with E-state index in [9.17, 15) is 5.11 Å². The van der Waals surface area contributed by atoms with Gasteiger partial charge in [-0.3, -0.25) is 4.98 Å². The molecule has 0 aliphatic carbocycles. The predicted molar refractivity (Wildman–Crippen MR) is 119 cm³/mol. The lowest BCUT2D eigenvalue weighted by Crippen LogP contribution is -2.05. The number of thiophene rings is 1. The van der Waals surface area contributed by atoms with Crippen LogP contribution >= 0.6 is 34.5 Å². The van der Waals surface area contributed by atoms with Crippen LogP contribution in [-0.4, -0.2) is 10.1 Å². The quantitative estimate of drug-likeness (QED) is 0.358. The zero-order valence-electron chi connectivity index (χ0n) is 15.3. The Morgan fingerprint density at radius 1 is 0.966 bits per heavy atom. The number of ether oxygens (including phenoxy) is 1. The third kappa shape index (κ3) is 4.62. The summed E-state index contributed by atoms with van der Waals surface area (Å²) in [6, 6.07) is 18.5. The summed E-state index contributed by atoms with van der Waals surface area (Å²) in [6.45, 7) is 0.340. The van der Waals surface area contributed by atoms with Gasteiger partial charge < -0.3 is 9.84 Å². The van der Waals surface area contributed by atoms with Gasteiger partial charge in [-0.2, -0.15) is 0 Å². The van der Waals surface area contributed by atoms with Crippen LogP contribution in [0.1, 0.15) is 22.1 Å². The summed E-state index contributed by atoms with van der Waals surface area (Å²) >= 11 is 13.5. The molecule has 1 unspecified atom stereocenters. The number of nitrogens with zero attached hydrogens (tertiary/aromatic N) is 1. The minimum atomic E-state index is -0.815. The van der Waals surface area contributed by atoms with Crippen LogP contribution in [0.2, 0.25) is 10.0 Å². The van der Waals surface area contributed by atoms with Crippen LogP contribution in [0.3, 0.4) is 0 Å². The molecule has 2 heterocycles. The largest absolute Gasteiger partial charge is 0.488 e. The van der Waals surface area contributed by atoms with Crippen molar-refractivity contribution in [3.63, 3.8) is 0 Å². The summed E-state index contributed by atoms with van der Waals surface area (Å²) in [6.07, 6.45) is 2.55. The van der Waals surface area contributed by atoms with Crippen LogP contribution in [-0.2, 0) is 6.61 Å². The van der Waals surface area contributed by atoms with Crippen molar-refractivity contribution in [1.29, 1.82) is 0 Å². The number of aliphatic hydroxyl groups is 1. The minimum Gasteiger partial charge on any atom is -0.488 e. The molecule has 4 rings (SSSR count). The molecule has 0 bridgehead atoms. The first-order valence-corrected chi connectivity index (χ1v) is 10.6. The van der Waals surface area contributed by atoms with Gasteiger partial charge in [-0.1, -0.05) is 41.4 Å². The standard InChI is InChI=1S/C23H17Cl2NO2S/c24-17-5-3-15(4-6-17)20-14-29-21(13-28-19-9-7-18(25)8-10-19)22(20)23(27)16-2-1-11-26-12-16/h1-12,14,23,27H,13H2. The average Bonchev–Trinajstić information content (AvgIpc) is 3.18. The Labute approximate surface area is 183 Å². The van der Waals surface area contributed by atoms with Crippen molar-refractivity contribution in [2.24, 2.45) is 0 Å². The van der Waals surface area contributed by atoms with Crippen molar-refractivity contribution in [3.05, 3.63) is 104 Å². The van der Waals surface area contributed by atoms with Crippen LogP contribution < -0.4 is 4.74 Å². The van der Waals surface area contributed by atoms with E-state index in [2.05, 4.69) is 4.98 Å². The van der Waals surface area contributed by atoms with Gasteiger partial charge in [-0.05, 0) is 59.0 Å². The Morgan fingerprint density at radius 2 is 1.66 bits per heavy atom. The molecule has 0 amide bonds. The molecule has 6 heteroatoms. The topological polar surface area (TPSA) is 42.4 Å². The number of hydrogen-bond donors (Lipinski definition) is 1. The summed E-state index contributed by atoms with van der Waals surface area (Å²) < 4.78 is 5.95. The SMILES string of the molecule is OC(c1cccnc1)c1c(-c2ccc(Cl)cc2)csc1COc1ccc(Cl)cc1. The van der Waals surface area contributed by atoms with Crippen LogP contribution in [0.15, 0.2) is 78.4 Å². The fraction of sp³-hybridized carbons (Fsp3) is 0.0870. The van der Waals surface area contributed by atoms with E-state index < -0.39 is 6.10 Å². The van der Waals surface area contributed by atoms with Gasteiger partial charge in [0, 0.05) is 38.4 Å². The molecule has 29 heavy (non-hydrogen) atoms. The lowest BCUT2D eigenvalue weighted by atomic mass is 9.95. The molecular weight excluding hydrogens is 425 g/mol. The Balaban J connectivity index is 1.70. The van der Waals surface area contributed by atoms with Gasteiger partial charge >= 0.3 is 0 Å². The van der Waals surface area contributed by atoms with E-state index in [1.54, 1.807) is 35.9 Å². The summed E-state index contributed by atoms with van der Waals surface area (Å²) in [4.78, 5) is 5.09. The van der Waals surface area contributed by atoms with E-state index in [0.29, 0.717) is 16.7 Å². The van der Waals surface area contributed by atoms with Crippen molar-refractivity contribution in [2.75, 3.05) is 0 Å². The highest BCUT2D eigenvalue weighted by atomic mass is 35.5. The van der Waals surface area contributed by atoms with Gasteiger partial charge in [0.05, 0.1) is 0 Å². The molecular formula is C23H17Cl2NO2S. The Kier molecular flexibility index (Phi) is 6.16. The monoisotopic (exact) mass is 441 g/mol. The van der Waals surface area contributed by atoms with Crippen molar-refractivity contribution in [3.8, 4) is 16.9 Å². The van der Waals surface area contributed by atoms with Crippen LogP contribution in [0, 0.1) is 0 Å². The number of aliphatic hydroxyl groups excluding tert-OH is 1. The maximum absolute atomic E-state index is 11.2. The summed E-state index contributed by atoms with van der Waals surface area (Å²) in [5.41, 5.74) is 3.49. The average molecular weight is 442 g/mol. The molecule has 4 aromatic rings. The second kappa shape index (κ2) is 8.97. The molecule has 3 nitrogen and oxygen atoms in total. The van der Waals surface area contributed by atoms with Gasteiger partial charge in [0.1, 0.15) is 18.5 Å². The first kappa shape index (κ1) is 19.9. The van der Waals surface area contributed by atoms with E-state index in [4.69, 9.17) is 27.9 Å². The van der Waals surface area contributed by atoms with E-state index in [1.807, 2.05) is 53.9 Å². The summed E-state index contributed by atoms with van der Waals surface area (Å²) in [5, 5.41) is 14.5. The van der Waals surface area contributed by atoms with E-state index in [0.717, 1.165) is 32.9 Å². The first-order valence-electron chi connectivity index (χ1n) is 8.94. The number of halogens is 2. The zero-order chi connectivity index (χ0) is 20.2. The second-order valence-electron chi connectivity index (χ2n) is 6.42. The molecule has 0 aliphatic rings. The summed E-state index contributed by atoms with van der Waals surface area (Å²) in [7, 11) is 0. The highest BCUT2D eigenvalue weighted by Crippen LogP contribution is 2.39. The predicted octanol–water partition coefficient (Wildman–Crippen LogP) is 6.78. The molecule has 0 saturated carbocycles. The van der Waals surface area contributed by atoms with Crippen molar-refractivity contribution in [2.45, 2.75) is 12.7 Å². The highest BCUT2D eigenvalue weighted by molar-refractivity contribution is 7.10. The third-order valence-electron chi connectivity index (χ3n) is 4.52. The molecule has 2 aromatic carbocycles. The molecule has 1 N–H and O–H groups in total. The van der Waals surface area contributed by atoms with Gasteiger partial charge in [-0.25, -0.2) is 0 Å². The number of hydrogen-bond acceptors (Lipinski definition) is 4. The normalized spacial score (nSPS) is 12.0. The van der Waals surface area contributed by atoms with Gasteiger partial charge in [0.25, 0.3) is 0 Å². The van der Waals surface area contributed by atoms with Crippen molar-refractivity contribution >= 4 is 34.5 Å². The molecule has 0 aliphatic heterocycles. The Hall–Kier alpha value is -2.37. The van der Waals surface area contributed by atoms with Crippen LogP contribution in [0.5, 0.6) is 5.75 Å². The molecule has 0 saturated heterocycles. The lowest BCUT2D eigenvalue weighted by molar-refractivity contribution is 0.216. The van der Waals surface area contributed by atoms with E-state index >= 15 is 0 Å². The second-order valence-corrected chi connectivity index (χ2v) is 8.26. The maximum atomic E-state index is 11.2. The third-order valence-corrected chi connectivity index (χ3v) is 6.00. The van der Waals surface area contributed by atoms with Crippen LogP contribution in [0.25, 0.3) is 11.1 Å². The smallest absolute Gasteiger partial charge is 0.123 e. The molecule has 2 aromatic heterocycles. The lowest BCUT2D eigenvalue weighted by Gasteiger charge is -2.16. The molecule has 1 atom stereocenters. The maximum Gasteiger partial charge on any atom is 0.123 e. The van der Waals surface area contributed by atoms with Crippen LogP contribution in [0.4, 0.5) is 0 Å². The minimum absolute atomic E-state index is 0.340. The zero-order valence-corrected chi connectivity index (χ0v) is 17.6. The van der Waals surface area contributed by atoms with Gasteiger partial charge in [0.2, 0.25) is 0 Å². The number of aromatic nitrogens is 1. The van der Waals surface area contributed by atoms with Crippen molar-refractivity contribution < 1.29 is 9.84 Å². The highest BCUT2D eigenvalue weighted by Gasteiger charge is 2.22. The van der Waals surface area contributed by atoms with Gasteiger partial charge in [0.15, 0.2) is 0 Å². The van der Waals surface area contributed by atoms with Crippen molar-refractivity contribution in [1.82, 2.24) is 4.98 Å². The Bertz CT molecular complexity index is 1080. The fourth-order valence-corrected chi connectivity index (χ4v) is 4.31.